The van der Waals surface area contributed by atoms with Crippen molar-refractivity contribution in [3.63, 3.8) is 0 Å². The van der Waals surface area contributed by atoms with Crippen molar-refractivity contribution in [3.8, 4) is 22.3 Å². The summed E-state index contributed by atoms with van der Waals surface area (Å²) in [6, 6.07) is 12.5. The number of aromatic nitrogens is 1. The van der Waals surface area contributed by atoms with Crippen molar-refractivity contribution >= 4 is 17.3 Å². The first-order chi connectivity index (χ1) is 11.5. The van der Waals surface area contributed by atoms with E-state index < -0.39 is 5.97 Å². The zero-order chi connectivity index (χ0) is 17.3. The van der Waals surface area contributed by atoms with Crippen molar-refractivity contribution in [2.45, 2.75) is 6.92 Å². The second-order valence-electron chi connectivity index (χ2n) is 5.66. The number of benzene rings is 2. The number of aryl methyl sites for hydroxylation is 1. The third kappa shape index (κ3) is 2.92. The van der Waals surface area contributed by atoms with E-state index in [4.69, 9.17) is 11.5 Å². The maximum atomic E-state index is 11.5. The van der Waals surface area contributed by atoms with Gasteiger partial charge in [0.2, 0.25) is 0 Å². The van der Waals surface area contributed by atoms with Gasteiger partial charge in [-0.15, -0.1) is 0 Å². The Kier molecular flexibility index (Phi) is 3.92. The van der Waals surface area contributed by atoms with E-state index in [0.717, 1.165) is 16.7 Å². The van der Waals surface area contributed by atoms with Crippen LogP contribution < -0.4 is 11.5 Å². The van der Waals surface area contributed by atoms with E-state index in [9.17, 15) is 9.90 Å². The van der Waals surface area contributed by atoms with Crippen LogP contribution in [0, 0.1) is 6.92 Å². The molecule has 0 unspecified atom stereocenters. The molecule has 0 aliphatic heterocycles. The number of rotatable bonds is 3. The minimum absolute atomic E-state index is 0.172. The average molecular weight is 319 g/mol. The van der Waals surface area contributed by atoms with Crippen molar-refractivity contribution in [1.29, 1.82) is 0 Å². The first kappa shape index (κ1) is 15.6. The van der Waals surface area contributed by atoms with Gasteiger partial charge in [-0.1, -0.05) is 12.1 Å². The molecule has 5 N–H and O–H groups in total. The normalized spacial score (nSPS) is 10.5. The largest absolute Gasteiger partial charge is 0.478 e. The molecule has 0 bridgehead atoms. The van der Waals surface area contributed by atoms with Crippen molar-refractivity contribution in [3.05, 3.63) is 66.0 Å². The van der Waals surface area contributed by atoms with Gasteiger partial charge in [-0.3, -0.25) is 4.98 Å². The minimum atomic E-state index is -1.01. The number of nitrogens with zero attached hydrogens (tertiary/aromatic N) is 1. The number of aromatic carboxylic acids is 1. The van der Waals surface area contributed by atoms with E-state index >= 15 is 0 Å². The van der Waals surface area contributed by atoms with E-state index in [2.05, 4.69) is 4.98 Å². The van der Waals surface area contributed by atoms with E-state index in [1.54, 1.807) is 30.6 Å². The highest BCUT2D eigenvalue weighted by atomic mass is 16.4. The summed E-state index contributed by atoms with van der Waals surface area (Å²) in [7, 11) is 0. The van der Waals surface area contributed by atoms with E-state index in [0.29, 0.717) is 22.5 Å². The minimum Gasteiger partial charge on any atom is -0.478 e. The molecule has 0 radical (unpaired) electrons. The molecule has 5 heteroatoms. The smallest absolute Gasteiger partial charge is 0.335 e. The van der Waals surface area contributed by atoms with Crippen LogP contribution in [-0.2, 0) is 0 Å². The summed E-state index contributed by atoms with van der Waals surface area (Å²) in [5.74, 6) is -1.01. The third-order valence-corrected chi connectivity index (χ3v) is 3.86. The second kappa shape index (κ2) is 6.04. The highest BCUT2D eigenvalue weighted by Gasteiger charge is 2.13. The number of carboxylic acid groups (broad SMARTS) is 1. The van der Waals surface area contributed by atoms with Gasteiger partial charge in [0, 0.05) is 34.9 Å². The number of hydrogen-bond acceptors (Lipinski definition) is 4. The quantitative estimate of drug-likeness (QED) is 0.640. The van der Waals surface area contributed by atoms with Gasteiger partial charge >= 0.3 is 5.97 Å². The van der Waals surface area contributed by atoms with Crippen LogP contribution in [0.5, 0.6) is 0 Å². The molecule has 0 atom stereocenters. The van der Waals surface area contributed by atoms with Crippen molar-refractivity contribution in [2.24, 2.45) is 0 Å². The number of anilines is 2. The predicted octanol–water partition coefficient (Wildman–Crippen LogP) is 3.59. The van der Waals surface area contributed by atoms with Gasteiger partial charge < -0.3 is 16.6 Å². The molecule has 0 fully saturated rings. The van der Waals surface area contributed by atoms with Crippen molar-refractivity contribution in [2.75, 3.05) is 11.5 Å². The molecule has 0 amide bonds. The monoisotopic (exact) mass is 319 g/mol. The summed E-state index contributed by atoms with van der Waals surface area (Å²) in [5, 5.41) is 9.43. The number of nitrogens with two attached hydrogens (primary N) is 2. The summed E-state index contributed by atoms with van der Waals surface area (Å²) in [6.07, 6.45) is 3.22. The Morgan fingerprint density at radius 3 is 2.29 bits per heavy atom. The molecule has 1 aromatic heterocycles. The molecule has 0 saturated heterocycles. The standard InChI is InChI=1S/C19H17N3O2/c1-11-2-3-15(18(21)6-11)12-7-13(9-14(8-12)19(23)24)16-10-22-5-4-17(16)20/h2-10H,21H2,1H3,(H2,20,22)(H,23,24). The summed E-state index contributed by atoms with van der Waals surface area (Å²) in [4.78, 5) is 15.6. The highest BCUT2D eigenvalue weighted by molar-refractivity contribution is 5.94. The van der Waals surface area contributed by atoms with E-state index in [-0.39, 0.29) is 5.56 Å². The highest BCUT2D eigenvalue weighted by Crippen LogP contribution is 2.33. The summed E-state index contributed by atoms with van der Waals surface area (Å²) in [6.45, 7) is 1.95. The lowest BCUT2D eigenvalue weighted by Crippen LogP contribution is -2.00. The van der Waals surface area contributed by atoms with Crippen LogP contribution in [0.4, 0.5) is 11.4 Å². The Hall–Kier alpha value is -3.34. The molecule has 0 spiro atoms. The average Bonchev–Trinajstić information content (AvgIpc) is 2.54. The zero-order valence-electron chi connectivity index (χ0n) is 13.2. The van der Waals surface area contributed by atoms with Crippen LogP contribution in [0.15, 0.2) is 54.9 Å². The molecular formula is C19H17N3O2. The SMILES string of the molecule is Cc1ccc(-c2cc(C(=O)O)cc(-c3cnccc3N)c2)c(N)c1. The molecule has 3 aromatic rings. The number of hydrogen-bond donors (Lipinski definition) is 3. The summed E-state index contributed by atoms with van der Waals surface area (Å²) in [5.41, 5.74) is 17.4. The molecule has 24 heavy (non-hydrogen) atoms. The molecule has 0 saturated carbocycles. The van der Waals surface area contributed by atoms with Crippen molar-refractivity contribution < 1.29 is 9.90 Å². The number of carboxylic acids is 1. The molecule has 0 aliphatic rings. The van der Waals surface area contributed by atoms with Gasteiger partial charge in [-0.25, -0.2) is 4.79 Å². The molecular weight excluding hydrogens is 302 g/mol. The van der Waals surface area contributed by atoms with Gasteiger partial charge in [0.25, 0.3) is 0 Å². The van der Waals surface area contributed by atoms with Crippen LogP contribution in [-0.4, -0.2) is 16.1 Å². The molecule has 2 aromatic carbocycles. The molecule has 120 valence electrons. The van der Waals surface area contributed by atoms with Gasteiger partial charge in [0.1, 0.15) is 0 Å². The zero-order valence-corrected chi connectivity index (χ0v) is 13.2. The van der Waals surface area contributed by atoms with Crippen LogP contribution in [0.25, 0.3) is 22.3 Å². The number of nitrogen functional groups attached to an aromatic ring is 2. The molecule has 5 nitrogen and oxygen atoms in total. The summed E-state index contributed by atoms with van der Waals surface area (Å²) >= 11 is 0. The lowest BCUT2D eigenvalue weighted by Gasteiger charge is -2.12. The van der Waals surface area contributed by atoms with Gasteiger partial charge in [-0.05, 0) is 53.9 Å². The Balaban J connectivity index is 2.24. The maximum Gasteiger partial charge on any atom is 0.335 e. The Bertz CT molecular complexity index is 936. The van der Waals surface area contributed by atoms with Gasteiger partial charge in [0.05, 0.1) is 5.56 Å². The number of carbonyl (C=O) groups is 1. The number of pyridine rings is 1. The van der Waals surface area contributed by atoms with Gasteiger partial charge in [0.15, 0.2) is 0 Å². The first-order valence-corrected chi connectivity index (χ1v) is 7.40. The predicted molar refractivity (Wildman–Crippen MR) is 95.6 cm³/mol. The topological polar surface area (TPSA) is 102 Å². The fraction of sp³-hybridized carbons (Fsp3) is 0.0526. The lowest BCUT2D eigenvalue weighted by atomic mass is 9.95. The fourth-order valence-corrected chi connectivity index (χ4v) is 2.65. The van der Waals surface area contributed by atoms with Crippen LogP contribution in [0.2, 0.25) is 0 Å². The maximum absolute atomic E-state index is 11.5. The van der Waals surface area contributed by atoms with E-state index in [1.807, 2.05) is 31.2 Å². The van der Waals surface area contributed by atoms with Crippen LogP contribution in [0.1, 0.15) is 15.9 Å². The Morgan fingerprint density at radius 1 is 0.958 bits per heavy atom. The van der Waals surface area contributed by atoms with Crippen molar-refractivity contribution in [1.82, 2.24) is 4.98 Å². The third-order valence-electron chi connectivity index (χ3n) is 3.86. The Morgan fingerprint density at radius 2 is 1.67 bits per heavy atom. The van der Waals surface area contributed by atoms with Crippen LogP contribution >= 0.6 is 0 Å². The Labute approximate surface area is 139 Å². The lowest BCUT2D eigenvalue weighted by molar-refractivity contribution is 0.0697. The van der Waals surface area contributed by atoms with E-state index in [1.165, 1.54) is 0 Å². The molecule has 0 aliphatic carbocycles. The fourth-order valence-electron chi connectivity index (χ4n) is 2.65. The van der Waals surface area contributed by atoms with Crippen LogP contribution in [0.3, 0.4) is 0 Å². The van der Waals surface area contributed by atoms with Gasteiger partial charge in [-0.2, -0.15) is 0 Å². The second-order valence-corrected chi connectivity index (χ2v) is 5.66. The first-order valence-electron chi connectivity index (χ1n) is 7.40. The summed E-state index contributed by atoms with van der Waals surface area (Å²) < 4.78 is 0. The molecule has 3 rings (SSSR count). The molecule has 1 heterocycles.